The number of carbonyl (C=O) groups is 1. The predicted octanol–water partition coefficient (Wildman–Crippen LogP) is 0.191. The standard InChI is InChI=1S/C8H10N4OS/c1-2-4-3-10-7(14-4)5-6(13)12-8(9)11-5/h3,5H,2H2,1H3,(H3,9,11,12,13). The lowest BCUT2D eigenvalue weighted by atomic mass is 10.3. The summed E-state index contributed by atoms with van der Waals surface area (Å²) in [6, 6.07) is -0.541. The van der Waals surface area contributed by atoms with Crippen molar-refractivity contribution in [3.8, 4) is 0 Å². The van der Waals surface area contributed by atoms with Crippen molar-refractivity contribution < 1.29 is 4.79 Å². The molecule has 6 heteroatoms. The molecule has 1 aromatic heterocycles. The Morgan fingerprint density at radius 2 is 2.50 bits per heavy atom. The lowest BCUT2D eigenvalue weighted by Crippen LogP contribution is -2.31. The van der Waals surface area contributed by atoms with Crippen LogP contribution in [0.3, 0.4) is 0 Å². The molecule has 0 bridgehead atoms. The van der Waals surface area contributed by atoms with Gasteiger partial charge in [-0.1, -0.05) is 6.92 Å². The van der Waals surface area contributed by atoms with E-state index in [1.165, 1.54) is 11.3 Å². The number of nitrogens with two attached hydrogens (primary N) is 1. The van der Waals surface area contributed by atoms with Gasteiger partial charge in [0.25, 0.3) is 5.91 Å². The van der Waals surface area contributed by atoms with Gasteiger partial charge in [0.2, 0.25) is 0 Å². The van der Waals surface area contributed by atoms with E-state index in [0.29, 0.717) is 5.01 Å². The number of guanidine groups is 1. The Morgan fingerprint density at radius 3 is 3.00 bits per heavy atom. The molecule has 0 aliphatic carbocycles. The number of nitrogens with one attached hydrogen (secondary N) is 1. The van der Waals surface area contributed by atoms with Crippen molar-refractivity contribution in [1.82, 2.24) is 10.3 Å². The van der Waals surface area contributed by atoms with E-state index < -0.39 is 6.04 Å². The zero-order valence-electron chi connectivity index (χ0n) is 7.65. The molecule has 1 aromatic rings. The first kappa shape index (κ1) is 9.14. The van der Waals surface area contributed by atoms with Gasteiger partial charge in [-0.3, -0.25) is 10.1 Å². The zero-order chi connectivity index (χ0) is 10.1. The van der Waals surface area contributed by atoms with E-state index in [0.717, 1.165) is 11.3 Å². The van der Waals surface area contributed by atoms with E-state index in [-0.39, 0.29) is 11.9 Å². The summed E-state index contributed by atoms with van der Waals surface area (Å²) >= 11 is 1.50. The first-order chi connectivity index (χ1) is 6.70. The van der Waals surface area contributed by atoms with Gasteiger partial charge in [0.1, 0.15) is 5.01 Å². The molecule has 0 saturated heterocycles. The Bertz CT molecular complexity index is 398. The van der Waals surface area contributed by atoms with Gasteiger partial charge in [-0.25, -0.2) is 9.98 Å². The molecule has 0 aromatic carbocycles. The fourth-order valence-corrected chi connectivity index (χ4v) is 2.10. The molecule has 14 heavy (non-hydrogen) atoms. The molecule has 1 atom stereocenters. The van der Waals surface area contributed by atoms with E-state index in [4.69, 9.17) is 5.73 Å². The van der Waals surface area contributed by atoms with Crippen LogP contribution < -0.4 is 11.1 Å². The summed E-state index contributed by atoms with van der Waals surface area (Å²) < 4.78 is 0. The van der Waals surface area contributed by atoms with Gasteiger partial charge >= 0.3 is 0 Å². The van der Waals surface area contributed by atoms with Gasteiger partial charge in [-0.15, -0.1) is 11.3 Å². The normalized spacial score (nSPS) is 20.8. The second-order valence-electron chi connectivity index (χ2n) is 2.92. The minimum atomic E-state index is -0.541. The number of rotatable bonds is 2. The van der Waals surface area contributed by atoms with Crippen LogP contribution >= 0.6 is 11.3 Å². The van der Waals surface area contributed by atoms with E-state index in [9.17, 15) is 4.79 Å². The first-order valence-electron chi connectivity index (χ1n) is 4.29. The number of aryl methyl sites for hydroxylation is 1. The van der Waals surface area contributed by atoms with Crippen molar-refractivity contribution in [2.45, 2.75) is 19.4 Å². The van der Waals surface area contributed by atoms with E-state index in [1.807, 2.05) is 6.92 Å². The summed E-state index contributed by atoms with van der Waals surface area (Å²) in [5.41, 5.74) is 5.39. The molecule has 0 spiro atoms. The monoisotopic (exact) mass is 210 g/mol. The zero-order valence-corrected chi connectivity index (χ0v) is 8.47. The quantitative estimate of drug-likeness (QED) is 0.731. The molecule has 1 aliphatic heterocycles. The molecule has 1 amide bonds. The third kappa shape index (κ3) is 1.48. The Kier molecular flexibility index (Phi) is 2.20. The molecule has 2 rings (SSSR count). The summed E-state index contributed by atoms with van der Waals surface area (Å²) in [7, 11) is 0. The Morgan fingerprint density at radius 1 is 1.71 bits per heavy atom. The second-order valence-corrected chi connectivity index (χ2v) is 4.07. The van der Waals surface area contributed by atoms with Gasteiger partial charge in [0.05, 0.1) is 0 Å². The Balaban J connectivity index is 2.27. The summed E-state index contributed by atoms with van der Waals surface area (Å²) in [5.74, 6) is -0.0206. The largest absolute Gasteiger partial charge is 0.370 e. The maximum Gasteiger partial charge on any atom is 0.258 e. The number of amides is 1. The number of aromatic nitrogens is 1. The van der Waals surface area contributed by atoms with E-state index in [1.54, 1.807) is 6.20 Å². The molecule has 0 saturated carbocycles. The van der Waals surface area contributed by atoms with Gasteiger partial charge < -0.3 is 5.73 Å². The van der Waals surface area contributed by atoms with Crippen molar-refractivity contribution in [3.05, 3.63) is 16.1 Å². The molecule has 5 nitrogen and oxygen atoms in total. The van der Waals surface area contributed by atoms with Gasteiger partial charge in [0.15, 0.2) is 12.0 Å². The van der Waals surface area contributed by atoms with Crippen LogP contribution in [0.1, 0.15) is 22.9 Å². The van der Waals surface area contributed by atoms with Crippen molar-refractivity contribution in [2.24, 2.45) is 10.7 Å². The minimum Gasteiger partial charge on any atom is -0.370 e. The third-order valence-corrected chi connectivity index (χ3v) is 3.12. The molecule has 3 N–H and O–H groups in total. The molecule has 0 radical (unpaired) electrons. The summed E-state index contributed by atoms with van der Waals surface area (Å²) in [4.78, 5) is 20.6. The second kappa shape index (κ2) is 3.38. The maximum absolute atomic E-state index is 11.3. The van der Waals surface area contributed by atoms with Crippen LogP contribution in [0.2, 0.25) is 0 Å². The van der Waals surface area contributed by atoms with Gasteiger partial charge in [-0.05, 0) is 6.42 Å². The number of nitrogens with zero attached hydrogens (tertiary/aromatic N) is 2. The molecule has 1 unspecified atom stereocenters. The number of hydrogen-bond donors (Lipinski definition) is 2. The molecular formula is C8H10N4OS. The van der Waals surface area contributed by atoms with Crippen LogP contribution in [0, 0.1) is 0 Å². The average molecular weight is 210 g/mol. The van der Waals surface area contributed by atoms with Crippen LogP contribution in [-0.4, -0.2) is 16.9 Å². The fraction of sp³-hybridized carbons (Fsp3) is 0.375. The van der Waals surface area contributed by atoms with Gasteiger partial charge in [-0.2, -0.15) is 0 Å². The van der Waals surface area contributed by atoms with Crippen LogP contribution in [0.4, 0.5) is 0 Å². The Hall–Kier alpha value is -1.43. The Labute approximate surface area is 85.1 Å². The highest BCUT2D eigenvalue weighted by Crippen LogP contribution is 2.25. The maximum atomic E-state index is 11.3. The number of carbonyl (C=O) groups excluding carboxylic acids is 1. The van der Waals surface area contributed by atoms with E-state index >= 15 is 0 Å². The predicted molar refractivity (Wildman–Crippen MR) is 54.0 cm³/mol. The number of thiazole rings is 1. The molecule has 2 heterocycles. The molecule has 0 fully saturated rings. The van der Waals surface area contributed by atoms with Crippen LogP contribution in [-0.2, 0) is 11.2 Å². The number of aliphatic imine (C=N–C) groups is 1. The van der Waals surface area contributed by atoms with Crippen molar-refractivity contribution in [3.63, 3.8) is 0 Å². The molecule has 74 valence electrons. The minimum absolute atomic E-state index is 0.174. The fourth-order valence-electron chi connectivity index (χ4n) is 1.20. The summed E-state index contributed by atoms with van der Waals surface area (Å²) in [6.07, 6.45) is 2.70. The van der Waals surface area contributed by atoms with E-state index in [2.05, 4.69) is 15.3 Å². The highest BCUT2D eigenvalue weighted by molar-refractivity contribution is 7.11. The first-order valence-corrected chi connectivity index (χ1v) is 5.11. The topological polar surface area (TPSA) is 80.4 Å². The van der Waals surface area contributed by atoms with Crippen molar-refractivity contribution in [2.75, 3.05) is 0 Å². The van der Waals surface area contributed by atoms with Crippen LogP contribution in [0.15, 0.2) is 11.2 Å². The SMILES string of the molecule is CCc1cnc(C2N=C(N)NC2=O)s1. The smallest absolute Gasteiger partial charge is 0.258 e. The van der Waals surface area contributed by atoms with Gasteiger partial charge in [0, 0.05) is 11.1 Å². The average Bonchev–Trinajstić information content (AvgIpc) is 2.71. The molecular weight excluding hydrogens is 200 g/mol. The highest BCUT2D eigenvalue weighted by Gasteiger charge is 2.28. The highest BCUT2D eigenvalue weighted by atomic mass is 32.1. The number of hydrogen-bond acceptors (Lipinski definition) is 5. The lowest BCUT2D eigenvalue weighted by Gasteiger charge is -1.97. The van der Waals surface area contributed by atoms with Crippen LogP contribution in [0.25, 0.3) is 0 Å². The van der Waals surface area contributed by atoms with Crippen molar-refractivity contribution >= 4 is 23.2 Å². The van der Waals surface area contributed by atoms with Crippen molar-refractivity contribution in [1.29, 1.82) is 0 Å². The van der Waals surface area contributed by atoms with Crippen LogP contribution in [0.5, 0.6) is 0 Å². The summed E-state index contributed by atoms with van der Waals surface area (Å²) in [6.45, 7) is 2.05. The summed E-state index contributed by atoms with van der Waals surface area (Å²) in [5, 5.41) is 3.16. The lowest BCUT2D eigenvalue weighted by molar-refractivity contribution is -0.120. The molecule has 1 aliphatic rings. The third-order valence-electron chi connectivity index (χ3n) is 1.92.